The SMILES string of the molecule is Cc1c(-c2ccc(OCC(O/N=C(\C(=O)N[C@@H]3C(=O)N(OS(=O)(=O)O)C3(C)C)c3csc(N)n3)C(=O)O)cc2)c(C)[n+](C)n1CCCN. The zero-order valence-electron chi connectivity index (χ0n) is 26.7. The number of amides is 2. The van der Waals surface area contributed by atoms with Gasteiger partial charge < -0.3 is 31.5 Å². The number of carbonyl (C=O) groups excluding carboxylic acids is 2. The zero-order chi connectivity index (χ0) is 35.6. The third-order valence-electron chi connectivity index (χ3n) is 7.72. The molecule has 2 aromatic heterocycles. The summed E-state index contributed by atoms with van der Waals surface area (Å²) < 4.78 is 45.4. The molecule has 18 nitrogen and oxygen atoms in total. The summed E-state index contributed by atoms with van der Waals surface area (Å²) in [4.78, 5) is 47.0. The number of oxime groups is 1. The van der Waals surface area contributed by atoms with Crippen molar-refractivity contribution in [3.8, 4) is 16.9 Å². The summed E-state index contributed by atoms with van der Waals surface area (Å²) in [5.41, 5.74) is 13.5. The van der Waals surface area contributed by atoms with Gasteiger partial charge in [0.05, 0.1) is 23.3 Å². The van der Waals surface area contributed by atoms with Crippen LogP contribution in [0, 0.1) is 13.8 Å². The molecule has 3 heterocycles. The van der Waals surface area contributed by atoms with E-state index in [-0.39, 0.29) is 10.8 Å². The molecule has 20 heteroatoms. The number of nitrogens with one attached hydrogen (secondary N) is 1. The Morgan fingerprint density at radius 3 is 2.46 bits per heavy atom. The highest BCUT2D eigenvalue weighted by atomic mass is 32.3. The maximum Gasteiger partial charge on any atom is 0.418 e. The Morgan fingerprint density at radius 1 is 1.25 bits per heavy atom. The normalized spacial score (nSPS) is 16.7. The number of carbonyl (C=O) groups is 3. The molecule has 48 heavy (non-hydrogen) atoms. The quantitative estimate of drug-likeness (QED) is 0.0461. The molecule has 0 aliphatic carbocycles. The molecular weight excluding hydrogens is 672 g/mol. The van der Waals surface area contributed by atoms with Crippen LogP contribution in [-0.4, -0.2) is 87.1 Å². The van der Waals surface area contributed by atoms with Crippen molar-refractivity contribution in [3.63, 3.8) is 0 Å². The molecule has 0 spiro atoms. The number of hydroxylamine groups is 2. The van der Waals surface area contributed by atoms with Crippen LogP contribution in [0.2, 0.25) is 0 Å². The van der Waals surface area contributed by atoms with Gasteiger partial charge in [0.25, 0.3) is 17.9 Å². The van der Waals surface area contributed by atoms with Gasteiger partial charge in [-0.2, -0.15) is 18.2 Å². The van der Waals surface area contributed by atoms with Gasteiger partial charge >= 0.3 is 16.4 Å². The first-order chi connectivity index (χ1) is 22.5. The first-order valence-electron chi connectivity index (χ1n) is 14.5. The highest BCUT2D eigenvalue weighted by Crippen LogP contribution is 2.33. The number of ether oxygens (including phenoxy) is 1. The average Bonchev–Trinajstić information content (AvgIpc) is 3.53. The molecule has 1 fully saturated rings. The van der Waals surface area contributed by atoms with Crippen molar-refractivity contribution < 1.29 is 51.0 Å². The van der Waals surface area contributed by atoms with Gasteiger partial charge in [-0.05, 0) is 51.4 Å². The highest BCUT2D eigenvalue weighted by molar-refractivity contribution is 7.80. The van der Waals surface area contributed by atoms with Crippen LogP contribution < -0.4 is 26.2 Å². The topological polar surface area (TPSA) is 255 Å². The summed E-state index contributed by atoms with van der Waals surface area (Å²) in [6, 6.07) is 5.77. The standard InChI is InChI=1S/C28H36N8O10S2/c1-15-21(16(2)35(34(15)5)12-6-11-29)17-7-9-18(10-8-17)44-13-20(26(39)40)45-33-22(19-14-47-27(30)31-19)24(37)32-23-25(38)36(28(23,3)4)46-48(41,42)43/h7-10,14,20,23H,6,11-13,29H2,1-5H3,(H4-,30,31,32,37,39,40,41,42,43)/p+1/b33-22-/t20?,23-/m1/s1. The molecular formula is C28H37N8O10S2+. The number of carboxylic acids is 1. The number of nitrogens with two attached hydrogens (primary N) is 2. The van der Waals surface area contributed by atoms with E-state index in [1.54, 1.807) is 12.1 Å². The Balaban J connectivity index is 1.48. The minimum atomic E-state index is -5.02. The predicted molar refractivity (Wildman–Crippen MR) is 171 cm³/mol. The number of anilines is 1. The molecule has 2 amide bonds. The lowest BCUT2D eigenvalue weighted by atomic mass is 9.84. The Morgan fingerprint density at radius 2 is 1.92 bits per heavy atom. The fourth-order valence-electron chi connectivity index (χ4n) is 5.11. The summed E-state index contributed by atoms with van der Waals surface area (Å²) >= 11 is 0.962. The maximum absolute atomic E-state index is 13.2. The number of β-lactam (4-membered cyclic amide) rings is 1. The fraction of sp³-hybridized carbons (Fsp3) is 0.429. The predicted octanol–water partition coefficient (Wildman–Crippen LogP) is 0.0768. The smallest absolute Gasteiger partial charge is 0.418 e. The minimum Gasteiger partial charge on any atom is -0.489 e. The second-order valence-corrected chi connectivity index (χ2v) is 13.2. The number of nitrogens with zero attached hydrogens (tertiary/aromatic N) is 5. The van der Waals surface area contributed by atoms with E-state index in [1.165, 1.54) is 19.2 Å². The van der Waals surface area contributed by atoms with Gasteiger partial charge in [-0.3, -0.25) is 14.1 Å². The van der Waals surface area contributed by atoms with Crippen LogP contribution >= 0.6 is 11.3 Å². The number of benzene rings is 1. The molecule has 7 N–H and O–H groups in total. The third kappa shape index (κ3) is 7.73. The third-order valence-corrected chi connectivity index (χ3v) is 8.74. The molecule has 1 saturated heterocycles. The number of rotatable bonds is 15. The maximum atomic E-state index is 13.2. The van der Waals surface area contributed by atoms with Crippen LogP contribution in [0.4, 0.5) is 5.13 Å². The summed E-state index contributed by atoms with van der Waals surface area (Å²) in [5.74, 6) is -3.10. The van der Waals surface area contributed by atoms with E-state index < -0.39 is 58.2 Å². The van der Waals surface area contributed by atoms with Gasteiger partial charge in [0.15, 0.2) is 17.9 Å². The van der Waals surface area contributed by atoms with Crippen molar-refractivity contribution in [2.75, 3.05) is 18.9 Å². The van der Waals surface area contributed by atoms with Crippen LogP contribution in [0.5, 0.6) is 5.75 Å². The molecule has 2 atom stereocenters. The van der Waals surface area contributed by atoms with Gasteiger partial charge in [0, 0.05) is 12.3 Å². The van der Waals surface area contributed by atoms with Gasteiger partial charge in [-0.15, -0.1) is 20.3 Å². The number of aromatic nitrogens is 3. The van der Waals surface area contributed by atoms with Crippen molar-refractivity contribution >= 4 is 50.4 Å². The number of thiazole rings is 1. The van der Waals surface area contributed by atoms with Crippen LogP contribution in [-0.2, 0) is 47.5 Å². The van der Waals surface area contributed by atoms with E-state index in [2.05, 4.69) is 29.1 Å². The molecule has 0 bridgehead atoms. The molecule has 0 saturated carbocycles. The van der Waals surface area contributed by atoms with Crippen molar-refractivity contribution in [2.24, 2.45) is 17.9 Å². The Bertz CT molecular complexity index is 1840. The first-order valence-corrected chi connectivity index (χ1v) is 16.7. The largest absolute Gasteiger partial charge is 0.489 e. The summed E-state index contributed by atoms with van der Waals surface area (Å²) in [6.45, 7) is 7.65. The lowest BCUT2D eigenvalue weighted by Crippen LogP contribution is -2.76. The van der Waals surface area contributed by atoms with E-state index in [0.717, 1.165) is 46.8 Å². The van der Waals surface area contributed by atoms with Crippen molar-refractivity contribution in [1.29, 1.82) is 0 Å². The van der Waals surface area contributed by atoms with E-state index in [9.17, 15) is 27.9 Å². The molecule has 1 aliphatic rings. The number of hydrogen-bond donors (Lipinski definition) is 5. The molecule has 4 rings (SSSR count). The van der Waals surface area contributed by atoms with Crippen LogP contribution in [0.25, 0.3) is 11.1 Å². The van der Waals surface area contributed by atoms with Crippen molar-refractivity contribution in [2.45, 2.75) is 58.3 Å². The zero-order valence-corrected chi connectivity index (χ0v) is 28.4. The first kappa shape index (κ1) is 36.2. The molecule has 1 aliphatic heterocycles. The molecule has 3 aromatic rings. The number of carboxylic acid groups (broad SMARTS) is 1. The Kier molecular flexibility index (Phi) is 10.7. The van der Waals surface area contributed by atoms with Crippen molar-refractivity contribution in [1.82, 2.24) is 20.0 Å². The molecule has 1 aromatic carbocycles. The molecule has 260 valence electrons. The van der Waals surface area contributed by atoms with Gasteiger partial charge in [0.1, 0.15) is 24.1 Å². The number of aliphatic carboxylic acids is 1. The van der Waals surface area contributed by atoms with E-state index in [0.29, 0.717) is 17.4 Å². The molecule has 1 unspecified atom stereocenters. The second kappa shape index (κ2) is 14.2. The van der Waals surface area contributed by atoms with Crippen molar-refractivity contribution in [3.05, 3.63) is 46.7 Å². The number of nitrogen functional groups attached to an aromatic ring is 1. The monoisotopic (exact) mass is 709 g/mol. The van der Waals surface area contributed by atoms with Crippen LogP contribution in [0.3, 0.4) is 0 Å². The average molecular weight is 710 g/mol. The van der Waals surface area contributed by atoms with E-state index in [1.807, 2.05) is 33.0 Å². The molecule has 0 radical (unpaired) electrons. The summed E-state index contributed by atoms with van der Waals surface area (Å²) in [6.07, 6.45) is -0.841. The fourth-order valence-corrected chi connectivity index (χ4v) is 6.11. The van der Waals surface area contributed by atoms with Crippen LogP contribution in [0.1, 0.15) is 37.4 Å². The summed E-state index contributed by atoms with van der Waals surface area (Å²) in [5, 5.41) is 17.7. The minimum absolute atomic E-state index is 0.0612. The van der Waals surface area contributed by atoms with Gasteiger partial charge in [-0.25, -0.2) is 9.78 Å². The van der Waals surface area contributed by atoms with Gasteiger partial charge in [0.2, 0.25) is 5.69 Å². The Labute approximate surface area is 279 Å². The summed E-state index contributed by atoms with van der Waals surface area (Å²) in [7, 11) is -3.03. The van der Waals surface area contributed by atoms with Gasteiger partial charge in [-0.1, -0.05) is 17.3 Å². The second-order valence-electron chi connectivity index (χ2n) is 11.3. The van der Waals surface area contributed by atoms with E-state index >= 15 is 0 Å². The lowest BCUT2D eigenvalue weighted by Gasteiger charge is -2.50. The number of hydrogen-bond acceptors (Lipinski definition) is 13. The highest BCUT2D eigenvalue weighted by Gasteiger charge is 2.58. The lowest BCUT2D eigenvalue weighted by molar-refractivity contribution is -0.759. The Hall–Kier alpha value is -4.63. The van der Waals surface area contributed by atoms with Crippen LogP contribution in [0.15, 0.2) is 34.8 Å². The van der Waals surface area contributed by atoms with E-state index in [4.69, 9.17) is 25.6 Å².